The summed E-state index contributed by atoms with van der Waals surface area (Å²) < 4.78 is 1.12. The molecule has 1 N–H and O–H groups in total. The molecule has 1 aromatic carbocycles. The average Bonchev–Trinajstić information content (AvgIpc) is 2.40. The molecule has 0 saturated carbocycles. The van der Waals surface area contributed by atoms with Gasteiger partial charge in [0.25, 0.3) is 0 Å². The monoisotopic (exact) mass is 304 g/mol. The summed E-state index contributed by atoms with van der Waals surface area (Å²) in [5.41, 5.74) is 2.58. The Hall–Kier alpha value is -1.19. The number of aromatic nitrogens is 1. The molecule has 1 atom stereocenters. The molecule has 2 nitrogen and oxygen atoms in total. The molecule has 2 rings (SSSR count). The van der Waals surface area contributed by atoms with Gasteiger partial charge in [0, 0.05) is 22.9 Å². The zero-order chi connectivity index (χ0) is 12.8. The summed E-state index contributed by atoms with van der Waals surface area (Å²) in [7, 11) is 0. The second-order valence-electron chi connectivity index (χ2n) is 4.34. The van der Waals surface area contributed by atoms with Crippen LogP contribution in [0.2, 0.25) is 0 Å². The van der Waals surface area contributed by atoms with Crippen molar-refractivity contribution in [3.63, 3.8) is 0 Å². The van der Waals surface area contributed by atoms with Crippen LogP contribution in [0.1, 0.15) is 24.1 Å². The van der Waals surface area contributed by atoms with Crippen molar-refractivity contribution in [3.8, 4) is 0 Å². The first-order chi connectivity index (χ1) is 8.75. The lowest BCUT2D eigenvalue weighted by molar-refractivity contribution is 0.576. The number of hydrogen-bond donors (Lipinski definition) is 1. The standard InChI is InChI=1S/C15H17BrN2/c1-12(14-4-6-15(16)7-5-14)18-10-8-13-3-2-9-17-11-13/h2-7,9,11-12,18H,8,10H2,1H3. The SMILES string of the molecule is CC(NCCc1cccnc1)c1ccc(Br)cc1. The van der Waals surface area contributed by atoms with Crippen LogP contribution in [0.25, 0.3) is 0 Å². The van der Waals surface area contributed by atoms with Crippen LogP contribution in [0.5, 0.6) is 0 Å². The van der Waals surface area contributed by atoms with Gasteiger partial charge in [-0.2, -0.15) is 0 Å². The van der Waals surface area contributed by atoms with Crippen molar-refractivity contribution in [2.45, 2.75) is 19.4 Å². The maximum atomic E-state index is 4.12. The lowest BCUT2D eigenvalue weighted by Gasteiger charge is -2.14. The third-order valence-electron chi connectivity index (χ3n) is 2.96. The average molecular weight is 305 g/mol. The van der Waals surface area contributed by atoms with Gasteiger partial charge >= 0.3 is 0 Å². The number of nitrogens with zero attached hydrogens (tertiary/aromatic N) is 1. The molecule has 0 spiro atoms. The summed E-state index contributed by atoms with van der Waals surface area (Å²) in [6.07, 6.45) is 4.74. The van der Waals surface area contributed by atoms with Gasteiger partial charge in [0.2, 0.25) is 0 Å². The highest BCUT2D eigenvalue weighted by Gasteiger charge is 2.03. The van der Waals surface area contributed by atoms with Crippen LogP contribution in [0.15, 0.2) is 53.3 Å². The fraction of sp³-hybridized carbons (Fsp3) is 0.267. The van der Waals surface area contributed by atoms with Crippen LogP contribution in [-0.2, 0) is 6.42 Å². The fourth-order valence-corrected chi connectivity index (χ4v) is 2.11. The Morgan fingerprint density at radius 3 is 2.67 bits per heavy atom. The predicted molar refractivity (Wildman–Crippen MR) is 78.5 cm³/mol. The second kappa shape index (κ2) is 6.66. The first-order valence-electron chi connectivity index (χ1n) is 6.13. The Bertz CT molecular complexity index is 468. The predicted octanol–water partition coefficient (Wildman–Crippen LogP) is 3.74. The topological polar surface area (TPSA) is 24.9 Å². The molecular weight excluding hydrogens is 288 g/mol. The molecular formula is C15H17BrN2. The molecule has 0 bridgehead atoms. The second-order valence-corrected chi connectivity index (χ2v) is 5.25. The van der Waals surface area contributed by atoms with Gasteiger partial charge in [-0.25, -0.2) is 0 Å². The van der Waals surface area contributed by atoms with E-state index in [0.717, 1.165) is 17.4 Å². The molecule has 18 heavy (non-hydrogen) atoms. The Morgan fingerprint density at radius 2 is 2.00 bits per heavy atom. The molecule has 0 amide bonds. The molecule has 3 heteroatoms. The van der Waals surface area contributed by atoms with E-state index in [1.165, 1.54) is 11.1 Å². The Labute approximate surface area is 117 Å². The molecule has 0 saturated heterocycles. The lowest BCUT2D eigenvalue weighted by Crippen LogP contribution is -2.21. The van der Waals surface area contributed by atoms with Gasteiger partial charge in [-0.3, -0.25) is 4.98 Å². The maximum Gasteiger partial charge on any atom is 0.0300 e. The summed E-state index contributed by atoms with van der Waals surface area (Å²) in [6, 6.07) is 12.9. The molecule has 1 aromatic heterocycles. The van der Waals surface area contributed by atoms with E-state index < -0.39 is 0 Å². The quantitative estimate of drug-likeness (QED) is 0.910. The van der Waals surface area contributed by atoms with Gasteiger partial charge < -0.3 is 5.32 Å². The van der Waals surface area contributed by atoms with E-state index in [1.807, 2.05) is 12.3 Å². The van der Waals surface area contributed by atoms with E-state index in [-0.39, 0.29) is 0 Å². The van der Waals surface area contributed by atoms with E-state index in [0.29, 0.717) is 6.04 Å². The van der Waals surface area contributed by atoms with E-state index in [9.17, 15) is 0 Å². The molecule has 1 heterocycles. The highest BCUT2D eigenvalue weighted by molar-refractivity contribution is 9.10. The van der Waals surface area contributed by atoms with Gasteiger partial charge in [0.15, 0.2) is 0 Å². The van der Waals surface area contributed by atoms with Gasteiger partial charge in [-0.1, -0.05) is 34.1 Å². The Morgan fingerprint density at radius 1 is 1.22 bits per heavy atom. The van der Waals surface area contributed by atoms with Crippen LogP contribution in [-0.4, -0.2) is 11.5 Å². The number of nitrogens with one attached hydrogen (secondary N) is 1. The van der Waals surface area contributed by atoms with E-state index in [4.69, 9.17) is 0 Å². The molecule has 0 aliphatic heterocycles. The van der Waals surface area contributed by atoms with Crippen molar-refractivity contribution in [3.05, 3.63) is 64.4 Å². The maximum absolute atomic E-state index is 4.12. The molecule has 0 fully saturated rings. The third-order valence-corrected chi connectivity index (χ3v) is 3.49. The largest absolute Gasteiger partial charge is 0.310 e. The fourth-order valence-electron chi connectivity index (χ4n) is 1.85. The van der Waals surface area contributed by atoms with Gasteiger partial charge in [0.1, 0.15) is 0 Å². The Kier molecular flexibility index (Phi) is 4.90. The number of rotatable bonds is 5. The van der Waals surface area contributed by atoms with Crippen LogP contribution < -0.4 is 5.32 Å². The van der Waals surface area contributed by atoms with Crippen molar-refractivity contribution < 1.29 is 0 Å². The summed E-state index contributed by atoms with van der Waals surface area (Å²) in [5.74, 6) is 0. The number of benzene rings is 1. The summed E-state index contributed by atoms with van der Waals surface area (Å²) in [4.78, 5) is 4.12. The van der Waals surface area contributed by atoms with Crippen LogP contribution in [0, 0.1) is 0 Å². The summed E-state index contributed by atoms with van der Waals surface area (Å²) >= 11 is 3.45. The highest BCUT2D eigenvalue weighted by Crippen LogP contribution is 2.16. The van der Waals surface area contributed by atoms with Gasteiger partial charge in [0.05, 0.1) is 0 Å². The Balaban J connectivity index is 1.81. The van der Waals surface area contributed by atoms with Crippen molar-refractivity contribution >= 4 is 15.9 Å². The molecule has 1 unspecified atom stereocenters. The van der Waals surface area contributed by atoms with Gasteiger partial charge in [-0.05, 0) is 49.2 Å². The summed E-state index contributed by atoms with van der Waals surface area (Å²) in [5, 5.41) is 3.52. The van der Waals surface area contributed by atoms with E-state index in [1.54, 1.807) is 6.20 Å². The zero-order valence-electron chi connectivity index (χ0n) is 10.4. The lowest BCUT2D eigenvalue weighted by atomic mass is 10.1. The first kappa shape index (κ1) is 13.2. The molecule has 2 aromatic rings. The zero-order valence-corrected chi connectivity index (χ0v) is 12.0. The van der Waals surface area contributed by atoms with Crippen molar-refractivity contribution in [2.75, 3.05) is 6.54 Å². The van der Waals surface area contributed by atoms with Crippen LogP contribution >= 0.6 is 15.9 Å². The highest BCUT2D eigenvalue weighted by atomic mass is 79.9. The van der Waals surface area contributed by atoms with Crippen molar-refractivity contribution in [1.29, 1.82) is 0 Å². The van der Waals surface area contributed by atoms with E-state index in [2.05, 4.69) is 63.5 Å². The molecule has 0 aliphatic rings. The minimum Gasteiger partial charge on any atom is -0.310 e. The van der Waals surface area contributed by atoms with Gasteiger partial charge in [-0.15, -0.1) is 0 Å². The summed E-state index contributed by atoms with van der Waals surface area (Å²) in [6.45, 7) is 3.15. The normalized spacial score (nSPS) is 12.3. The van der Waals surface area contributed by atoms with Crippen LogP contribution in [0.4, 0.5) is 0 Å². The molecule has 0 radical (unpaired) electrons. The first-order valence-corrected chi connectivity index (χ1v) is 6.93. The van der Waals surface area contributed by atoms with E-state index >= 15 is 0 Å². The van der Waals surface area contributed by atoms with Crippen molar-refractivity contribution in [2.24, 2.45) is 0 Å². The minimum absolute atomic E-state index is 0.370. The minimum atomic E-state index is 0.370. The molecule has 0 aliphatic carbocycles. The number of halogens is 1. The number of pyridine rings is 1. The van der Waals surface area contributed by atoms with Crippen LogP contribution in [0.3, 0.4) is 0 Å². The smallest absolute Gasteiger partial charge is 0.0300 e. The molecule has 94 valence electrons. The number of hydrogen-bond acceptors (Lipinski definition) is 2. The van der Waals surface area contributed by atoms with Crippen molar-refractivity contribution in [1.82, 2.24) is 10.3 Å². The third kappa shape index (κ3) is 3.93.